The molecule has 1 aromatic carbocycles. The highest BCUT2D eigenvalue weighted by atomic mass is 32.2. The van der Waals surface area contributed by atoms with Crippen LogP contribution in [0.2, 0.25) is 0 Å². The van der Waals surface area contributed by atoms with Crippen LogP contribution in [0.3, 0.4) is 0 Å². The summed E-state index contributed by atoms with van der Waals surface area (Å²) < 4.78 is 10.3. The number of esters is 1. The molecule has 5 nitrogen and oxygen atoms in total. The van der Waals surface area contributed by atoms with Crippen molar-refractivity contribution in [2.24, 2.45) is 0 Å². The van der Waals surface area contributed by atoms with Crippen LogP contribution in [0.25, 0.3) is 0 Å². The van der Waals surface area contributed by atoms with E-state index in [9.17, 15) is 9.59 Å². The fourth-order valence-electron chi connectivity index (χ4n) is 1.84. The van der Waals surface area contributed by atoms with Gasteiger partial charge in [-0.15, -0.1) is 0 Å². The molecule has 0 saturated carbocycles. The van der Waals surface area contributed by atoms with Crippen LogP contribution in [0.4, 0.5) is 4.79 Å². The number of aryl methyl sites for hydroxylation is 1. The molecule has 138 valence electrons. The zero-order valence-electron chi connectivity index (χ0n) is 15.3. The summed E-state index contributed by atoms with van der Waals surface area (Å²) in [6, 6.07) is 7.42. The zero-order valence-corrected chi connectivity index (χ0v) is 16.2. The van der Waals surface area contributed by atoms with E-state index in [1.165, 1.54) is 11.6 Å². The van der Waals surface area contributed by atoms with Crippen molar-refractivity contribution in [3.8, 4) is 0 Å². The first kappa shape index (κ1) is 21.1. The van der Waals surface area contributed by atoms with Crippen molar-refractivity contribution in [3.63, 3.8) is 0 Å². The monoisotopic (exact) mass is 365 g/mol. The molecule has 1 atom stereocenters. The Morgan fingerprint density at radius 1 is 1.28 bits per heavy atom. The molecule has 1 rings (SSSR count). The smallest absolute Gasteiger partial charge is 0.408 e. The van der Waals surface area contributed by atoms with Gasteiger partial charge >= 0.3 is 12.1 Å². The largest absolute Gasteiger partial charge is 0.460 e. The SMILES string of the molecule is C=CCOC(=O)[C@@H](CSCc1ccc(C)cc1)NC(=O)OC(C)(C)C. The van der Waals surface area contributed by atoms with Crippen LogP contribution in [0.15, 0.2) is 36.9 Å². The molecular weight excluding hydrogens is 338 g/mol. The molecule has 1 N–H and O–H groups in total. The molecule has 0 fully saturated rings. The Bertz CT molecular complexity index is 578. The molecule has 0 spiro atoms. The number of carbonyl (C=O) groups excluding carboxylic acids is 2. The third-order valence-corrected chi connectivity index (χ3v) is 4.10. The topological polar surface area (TPSA) is 64.6 Å². The molecule has 0 heterocycles. The van der Waals surface area contributed by atoms with Crippen LogP contribution in [-0.2, 0) is 20.0 Å². The average Bonchev–Trinajstić information content (AvgIpc) is 2.51. The summed E-state index contributed by atoms with van der Waals surface area (Å²) in [4.78, 5) is 24.1. The van der Waals surface area contributed by atoms with Gasteiger partial charge < -0.3 is 14.8 Å². The van der Waals surface area contributed by atoms with Gasteiger partial charge in [0.1, 0.15) is 18.2 Å². The van der Waals surface area contributed by atoms with Crippen molar-refractivity contribution in [1.29, 1.82) is 0 Å². The van der Waals surface area contributed by atoms with E-state index >= 15 is 0 Å². The summed E-state index contributed by atoms with van der Waals surface area (Å²) >= 11 is 1.55. The van der Waals surface area contributed by atoms with Gasteiger partial charge in [-0.05, 0) is 33.3 Å². The van der Waals surface area contributed by atoms with Gasteiger partial charge in [0.05, 0.1) is 0 Å². The molecule has 0 aromatic heterocycles. The number of hydrogen-bond donors (Lipinski definition) is 1. The van der Waals surface area contributed by atoms with Crippen molar-refractivity contribution < 1.29 is 19.1 Å². The first-order valence-corrected chi connectivity index (χ1v) is 9.27. The van der Waals surface area contributed by atoms with Crippen molar-refractivity contribution >= 4 is 23.8 Å². The van der Waals surface area contributed by atoms with E-state index in [0.717, 1.165) is 11.3 Å². The van der Waals surface area contributed by atoms with E-state index in [2.05, 4.69) is 24.0 Å². The summed E-state index contributed by atoms with van der Waals surface area (Å²) in [7, 11) is 0. The minimum Gasteiger partial charge on any atom is -0.460 e. The Labute approximate surface area is 154 Å². The highest BCUT2D eigenvalue weighted by Gasteiger charge is 2.25. The molecule has 0 bridgehead atoms. The fraction of sp³-hybridized carbons (Fsp3) is 0.474. The van der Waals surface area contributed by atoms with Gasteiger partial charge in [0, 0.05) is 11.5 Å². The number of alkyl carbamates (subject to hydrolysis) is 1. The lowest BCUT2D eigenvalue weighted by Gasteiger charge is -2.22. The number of thioether (sulfide) groups is 1. The highest BCUT2D eigenvalue weighted by Crippen LogP contribution is 2.15. The molecule has 0 aliphatic carbocycles. The van der Waals surface area contributed by atoms with E-state index in [0.29, 0.717) is 5.75 Å². The van der Waals surface area contributed by atoms with Crippen LogP contribution >= 0.6 is 11.8 Å². The lowest BCUT2D eigenvalue weighted by atomic mass is 10.2. The molecular formula is C19H27NO4S. The lowest BCUT2D eigenvalue weighted by molar-refractivity contribution is -0.144. The van der Waals surface area contributed by atoms with Gasteiger partial charge in [-0.2, -0.15) is 11.8 Å². The minimum atomic E-state index is -0.773. The molecule has 0 saturated heterocycles. The van der Waals surface area contributed by atoms with Gasteiger partial charge in [-0.1, -0.05) is 42.5 Å². The Morgan fingerprint density at radius 3 is 2.48 bits per heavy atom. The van der Waals surface area contributed by atoms with E-state index in [1.54, 1.807) is 32.5 Å². The van der Waals surface area contributed by atoms with Crippen molar-refractivity contribution in [2.45, 2.75) is 45.1 Å². The maximum Gasteiger partial charge on any atom is 0.408 e. The summed E-state index contributed by atoms with van der Waals surface area (Å²) in [5.41, 5.74) is 1.73. The number of carbonyl (C=O) groups is 2. The summed E-state index contributed by atoms with van der Waals surface area (Å²) in [5, 5.41) is 2.59. The Hall–Kier alpha value is -1.95. The van der Waals surface area contributed by atoms with E-state index < -0.39 is 23.7 Å². The number of amides is 1. The summed E-state index contributed by atoms with van der Waals surface area (Å²) in [6.45, 7) is 11.0. The van der Waals surface area contributed by atoms with Crippen molar-refractivity contribution in [3.05, 3.63) is 48.0 Å². The van der Waals surface area contributed by atoms with E-state index in [1.807, 2.05) is 19.1 Å². The van der Waals surface area contributed by atoms with Crippen LogP contribution in [0.1, 0.15) is 31.9 Å². The first-order valence-electron chi connectivity index (χ1n) is 8.11. The second-order valence-electron chi connectivity index (χ2n) is 6.62. The highest BCUT2D eigenvalue weighted by molar-refractivity contribution is 7.98. The Kier molecular flexibility index (Phi) is 8.55. The standard InChI is InChI=1S/C19H27NO4S/c1-6-11-23-17(21)16(20-18(22)24-19(3,4)5)13-25-12-15-9-7-14(2)8-10-15/h6-10,16H,1,11-13H2,2-5H3,(H,20,22)/t16-/m1/s1. The molecule has 1 amide bonds. The predicted octanol–water partition coefficient (Wildman–Crippen LogP) is 3.85. The third kappa shape index (κ3) is 9.19. The van der Waals surface area contributed by atoms with Gasteiger partial charge in [-0.3, -0.25) is 0 Å². The minimum absolute atomic E-state index is 0.105. The van der Waals surface area contributed by atoms with Gasteiger partial charge in [-0.25, -0.2) is 9.59 Å². The maximum absolute atomic E-state index is 12.1. The summed E-state index contributed by atoms with van der Waals surface area (Å²) in [6.07, 6.45) is 0.853. The lowest BCUT2D eigenvalue weighted by Crippen LogP contribution is -2.45. The van der Waals surface area contributed by atoms with Gasteiger partial charge in [0.25, 0.3) is 0 Å². The normalized spacial score (nSPS) is 12.2. The van der Waals surface area contributed by atoms with E-state index in [-0.39, 0.29) is 6.61 Å². The summed E-state index contributed by atoms with van der Waals surface area (Å²) in [5.74, 6) is 0.632. The molecule has 1 aromatic rings. The molecule has 0 radical (unpaired) electrons. The average molecular weight is 365 g/mol. The second kappa shape index (κ2) is 10.1. The third-order valence-electron chi connectivity index (χ3n) is 2.99. The molecule has 25 heavy (non-hydrogen) atoms. The number of hydrogen-bond acceptors (Lipinski definition) is 5. The molecule has 0 aliphatic heterocycles. The van der Waals surface area contributed by atoms with Crippen molar-refractivity contribution in [1.82, 2.24) is 5.32 Å². The molecule has 0 unspecified atom stereocenters. The Balaban J connectivity index is 2.60. The molecule has 0 aliphatic rings. The number of rotatable bonds is 8. The number of nitrogens with one attached hydrogen (secondary N) is 1. The first-order chi connectivity index (χ1) is 11.7. The Morgan fingerprint density at radius 2 is 1.92 bits per heavy atom. The molecule has 6 heteroatoms. The van der Waals surface area contributed by atoms with Crippen LogP contribution in [0.5, 0.6) is 0 Å². The predicted molar refractivity (Wildman–Crippen MR) is 102 cm³/mol. The van der Waals surface area contributed by atoms with Crippen LogP contribution in [0, 0.1) is 6.92 Å². The van der Waals surface area contributed by atoms with Crippen molar-refractivity contribution in [2.75, 3.05) is 12.4 Å². The number of benzene rings is 1. The van der Waals surface area contributed by atoms with Crippen LogP contribution in [-0.4, -0.2) is 36.1 Å². The zero-order chi connectivity index (χ0) is 18.9. The number of ether oxygens (including phenoxy) is 2. The van der Waals surface area contributed by atoms with Gasteiger partial charge in [0.15, 0.2) is 0 Å². The van der Waals surface area contributed by atoms with E-state index in [4.69, 9.17) is 9.47 Å². The fourth-order valence-corrected chi connectivity index (χ4v) is 2.84. The quantitative estimate of drug-likeness (QED) is 0.560. The van der Waals surface area contributed by atoms with Gasteiger partial charge in [0.2, 0.25) is 0 Å². The van der Waals surface area contributed by atoms with Crippen LogP contribution < -0.4 is 5.32 Å². The second-order valence-corrected chi connectivity index (χ2v) is 7.65. The maximum atomic E-state index is 12.1.